The van der Waals surface area contributed by atoms with Crippen LogP contribution in [0.25, 0.3) is 0 Å². The minimum absolute atomic E-state index is 0.0267. The number of nitrogen functional groups attached to an aromatic ring is 3. The number of H-pyrrole nitrogens is 4. The van der Waals surface area contributed by atoms with Gasteiger partial charge in [-0.2, -0.15) is 125 Å². The van der Waals surface area contributed by atoms with Crippen LogP contribution in [-0.4, -0.2) is 389 Å². The number of aromatic amines is 4. The average Bonchev–Trinajstić information content (AvgIpc) is 0.866. The van der Waals surface area contributed by atoms with Gasteiger partial charge in [0.2, 0.25) is 149 Å². The van der Waals surface area contributed by atoms with Crippen molar-refractivity contribution in [3.63, 3.8) is 0 Å². The second-order valence-electron chi connectivity index (χ2n) is 28.5. The monoisotopic (exact) mass is 2090 g/mol. The van der Waals surface area contributed by atoms with Gasteiger partial charge < -0.3 is 169 Å². The molecule has 0 spiro atoms. The molecule has 0 aliphatic carbocycles. The molecule has 10 heterocycles. The fraction of sp³-hybridized carbons (Fsp3) is 0.617. The van der Waals surface area contributed by atoms with E-state index in [2.05, 4.69) is 279 Å². The topological polar surface area (TPSA) is 903 Å². The molecule has 65 nitrogen and oxygen atoms in total. The third-order valence-electron chi connectivity index (χ3n) is 16.8. The lowest BCUT2D eigenvalue weighted by molar-refractivity contribution is 0.279. The fourth-order valence-corrected chi connectivity index (χ4v) is 10.5. The van der Waals surface area contributed by atoms with E-state index in [1.165, 1.54) is 0 Å². The normalized spacial score (nSPS) is 9.93. The molecule has 822 valence electrons. The molecule has 10 rings (SSSR count). The van der Waals surface area contributed by atoms with Gasteiger partial charge in [0.1, 0.15) is 5.02 Å². The first kappa shape index (κ1) is 129. The first-order valence-electron chi connectivity index (χ1n) is 47.7. The average molecular weight is 2100 g/mol. The van der Waals surface area contributed by atoms with E-state index in [9.17, 15) is 19.2 Å². The predicted octanol–water partition coefficient (Wildman–Crippen LogP) is 0.123. The number of hydrogen-bond acceptors (Lipinski definition) is 61. The van der Waals surface area contributed by atoms with Gasteiger partial charge in [0, 0.05) is 174 Å². The molecule has 0 aliphatic rings. The number of nitrogens with zero attached hydrogens (tertiary/aromatic N) is 28. The lowest BCUT2D eigenvalue weighted by Gasteiger charge is -2.21. The molecule has 0 amide bonds. The van der Waals surface area contributed by atoms with Crippen molar-refractivity contribution in [3.05, 3.63) is 46.8 Å². The summed E-state index contributed by atoms with van der Waals surface area (Å²) in [5.74, 6) is 10.9. The molecule has 0 atom stereocenters. The molecule has 0 saturated heterocycles. The molecule has 147 heavy (non-hydrogen) atoms. The maximum absolute atomic E-state index is 11.2. The zero-order valence-corrected chi connectivity index (χ0v) is 88.4. The second kappa shape index (κ2) is 79.7. The summed E-state index contributed by atoms with van der Waals surface area (Å²) < 4.78 is 0. The van der Waals surface area contributed by atoms with Gasteiger partial charge >= 0.3 is 17.1 Å². The Hall–Kier alpha value is -15.8. The second-order valence-corrected chi connectivity index (χ2v) is 28.8. The van der Waals surface area contributed by atoms with Crippen LogP contribution in [0.5, 0.6) is 0 Å². The maximum atomic E-state index is 11.2. The molecule has 0 bridgehead atoms. The summed E-state index contributed by atoms with van der Waals surface area (Å²) in [6.07, 6.45) is 5.91. The van der Waals surface area contributed by atoms with Gasteiger partial charge in [0.05, 0.1) is 39.6 Å². The van der Waals surface area contributed by atoms with Crippen molar-refractivity contribution >= 4 is 166 Å². The Morgan fingerprint density at radius 3 is 0.728 bits per heavy atom. The van der Waals surface area contributed by atoms with E-state index in [0.717, 1.165) is 90.9 Å². The molecule has 36 N–H and O–H groups in total. The Morgan fingerprint density at radius 1 is 0.238 bits per heavy atom. The van der Waals surface area contributed by atoms with Gasteiger partial charge in [-0.3, -0.25) is 24.7 Å². The van der Waals surface area contributed by atoms with E-state index in [0.29, 0.717) is 202 Å². The summed E-state index contributed by atoms with van der Waals surface area (Å²) in [6.45, 7) is 35.1. The van der Waals surface area contributed by atoms with Crippen LogP contribution in [-0.2, 0) is 0 Å². The number of nitrogens with one attached hydrogen (secondary N) is 24. The van der Waals surface area contributed by atoms with Gasteiger partial charge in [-0.1, -0.05) is 53.1 Å². The van der Waals surface area contributed by atoms with Crippen LogP contribution in [0.1, 0.15) is 122 Å². The zero-order valence-electron chi connectivity index (χ0n) is 87.7. The Kier molecular flexibility index (Phi) is 70.0. The Bertz CT molecular complexity index is 5170. The lowest BCUT2D eigenvalue weighted by Crippen LogP contribution is -2.32. The van der Waals surface area contributed by atoms with E-state index in [1.807, 2.05) is 55.4 Å². The highest BCUT2D eigenvalue weighted by Crippen LogP contribution is 2.19. The molecular weight excluding hydrogens is 1940 g/mol. The first-order valence-corrected chi connectivity index (χ1v) is 48.1. The molecule has 0 saturated carbocycles. The van der Waals surface area contributed by atoms with E-state index in [-0.39, 0.29) is 73.8 Å². The summed E-state index contributed by atoms with van der Waals surface area (Å²) in [4.78, 5) is 160. The third-order valence-corrected chi connectivity index (χ3v) is 17.1. The van der Waals surface area contributed by atoms with Crippen LogP contribution >= 0.6 is 11.6 Å². The van der Waals surface area contributed by atoms with Crippen LogP contribution in [0.3, 0.4) is 0 Å². The molecule has 10 aromatic rings. The van der Waals surface area contributed by atoms with Crippen molar-refractivity contribution in [1.29, 1.82) is 0 Å². The minimum atomic E-state index is -0.423. The van der Waals surface area contributed by atoms with Gasteiger partial charge in [0.25, 0.3) is 5.56 Å². The van der Waals surface area contributed by atoms with Crippen LogP contribution < -0.4 is 161 Å². The highest BCUT2D eigenvalue weighted by Gasteiger charge is 2.18. The number of anilines is 26. The molecule has 66 heteroatoms. The van der Waals surface area contributed by atoms with E-state index < -0.39 is 11.4 Å². The number of nitrogens with two attached hydrogens (primary N) is 3. The molecule has 0 radical (unpaired) electrons. The minimum Gasteiger partial charge on any atom is -0.395 e. The molecular formula is C81H156ClN55O10. The number of aliphatic hydroxyl groups excluding tert-OH is 6. The van der Waals surface area contributed by atoms with Crippen LogP contribution in [0.2, 0.25) is 5.02 Å². The predicted molar refractivity (Wildman–Crippen MR) is 583 cm³/mol. The van der Waals surface area contributed by atoms with Crippen LogP contribution in [0.4, 0.5) is 155 Å². The van der Waals surface area contributed by atoms with Crippen molar-refractivity contribution in [2.45, 2.75) is 122 Å². The fourth-order valence-electron chi connectivity index (χ4n) is 10.3. The molecule has 0 aliphatic heterocycles. The van der Waals surface area contributed by atoms with Crippen molar-refractivity contribution < 1.29 is 30.6 Å². The quantitative estimate of drug-likeness (QED) is 0.0241. The molecule has 0 fully saturated rings. The van der Waals surface area contributed by atoms with Crippen molar-refractivity contribution in [3.8, 4) is 0 Å². The summed E-state index contributed by atoms with van der Waals surface area (Å²) in [6, 6.07) is 0. The van der Waals surface area contributed by atoms with Crippen LogP contribution in [0.15, 0.2) is 19.2 Å². The van der Waals surface area contributed by atoms with Crippen molar-refractivity contribution in [1.82, 2.24) is 145 Å². The highest BCUT2D eigenvalue weighted by molar-refractivity contribution is 6.32. The Balaban J connectivity index is 0.000000822. The SMILES string of the molecule is CCCNc1nc(N)nc(NCCC)n1.CCCNc1nc(NCCC)[nH]c(=O)n1.CCCNc1nc(NCCC)nc(N(CCO)CCO)n1.CCNc1nc(N)nc(NCC)n1.CCNc1nc(NCC)[nH]c(=O)n1.CCNc1nc(NCC)nc(N(CCO)CCO)n1.CNc1nc(N)nc(NC)n1.CNc1nc(NC)[nH]c(=O)n1.CNc1nc(NC)c(Cl)c(=O)[nH]1.CNc1nc(NC)nc(N(CCO)CCO)n1. The van der Waals surface area contributed by atoms with Gasteiger partial charge in [-0.05, 0) is 80.1 Å². The van der Waals surface area contributed by atoms with E-state index >= 15 is 0 Å². The highest BCUT2D eigenvalue weighted by atomic mass is 35.5. The number of hydrogen-bond donors (Lipinski definition) is 33. The summed E-state index contributed by atoms with van der Waals surface area (Å²) in [5.41, 5.74) is 14.8. The number of aliphatic hydroxyl groups is 6. The van der Waals surface area contributed by atoms with Crippen molar-refractivity contribution in [2.75, 3.05) is 352 Å². The van der Waals surface area contributed by atoms with E-state index in [4.69, 9.17) is 59.4 Å². The number of halogens is 1. The largest absolute Gasteiger partial charge is 0.395 e. The smallest absolute Gasteiger partial charge is 0.350 e. The number of aromatic nitrogens is 29. The zero-order chi connectivity index (χ0) is 109. The van der Waals surface area contributed by atoms with Gasteiger partial charge in [-0.15, -0.1) is 0 Å². The molecule has 0 unspecified atom stereocenters. The summed E-state index contributed by atoms with van der Waals surface area (Å²) in [7, 11) is 13.5. The summed E-state index contributed by atoms with van der Waals surface area (Å²) >= 11 is 5.63. The molecule has 0 aromatic carbocycles. The van der Waals surface area contributed by atoms with E-state index in [1.54, 1.807) is 71.1 Å². The molecule has 10 aromatic heterocycles. The third kappa shape index (κ3) is 55.6. The standard InChI is InChI=1S/C13H26N6O2.C11H22N6O2.C9H18N6O2.C9H18N6.C9H17N5O.C7H14N6.C7H13N5O.C6H9ClN4O.C5H10N6.C5H9N5O/c1-3-5-14-11-16-12(15-6-4-2)18-13(17-11)19(7-9-20)8-10-21;1-3-12-9-14-10(13-4-2)16-11(15-9)17(5-7-18)6-8-19;1-10-7-12-8(11-2)14-9(13-7)15(3-5-16)4-6-17;1-3-5-11-8-13-7(10)14-9(15-8)12-6-4-2;1-3-5-10-7-12-8(11-6-4-2)14-9(15)13-7;1-3-9-6-11-5(8)12-7(13-6)10-4-2;1-3-8-5-10-6(9-4-2)12-7(13)11-5;1-8-4-3(7)5(12)11-6(9-2)10-4;1-7-4-9-3(6)10-5(8-2)11-4;1-6-3-8-4(7-2)10-5(11)9-3/h20-21H,3-10H2,1-2H3,(H2,14,15,16,17,18);18-19H,3-8H2,1-2H3,(H2,12,13,14,15,16);16-17H,3-6H2,1-2H3,(H2,10,11,12,13,14);3-6H2,1-2H3,(H4,10,11,12,13,14,15);3-6H2,1-2H3,(H3,10,11,12,13,14,15);3-4H2,1-2H3,(H4,8,9,10,11,12,13);3-4H2,1-2H3,(H3,8,9,10,11,12,13);1-2H3,(H3,8,9,10,11,12);1-2H3,(H4,6,7,8,9,10,11);1-2H3,(H3,6,7,8,9,10,11). The maximum Gasteiger partial charge on any atom is 0.350 e. The number of rotatable bonds is 53. The Labute approximate surface area is 858 Å². The van der Waals surface area contributed by atoms with Gasteiger partial charge in [0.15, 0.2) is 5.82 Å². The van der Waals surface area contributed by atoms with Crippen molar-refractivity contribution in [2.24, 2.45) is 0 Å². The van der Waals surface area contributed by atoms with Crippen LogP contribution in [0, 0.1) is 0 Å². The first-order chi connectivity index (χ1) is 71.0. The lowest BCUT2D eigenvalue weighted by atomic mass is 10.5. The van der Waals surface area contributed by atoms with Gasteiger partial charge in [-0.25, -0.2) is 14.4 Å². The Morgan fingerprint density at radius 2 is 0.449 bits per heavy atom. The summed E-state index contributed by atoms with van der Waals surface area (Å²) in [5, 5.41) is 112.